The molecule has 1 unspecified atom stereocenters. The molecule has 0 N–H and O–H groups in total. The summed E-state index contributed by atoms with van der Waals surface area (Å²) < 4.78 is 172. The molecule has 8 fully saturated rings. The zero-order chi connectivity index (χ0) is 41.5. The van der Waals surface area contributed by atoms with Crippen molar-refractivity contribution in [3.63, 3.8) is 0 Å². The SMILES string of the molecule is CC(OCOC1C2CC3CC(C2)CC1C3)(C(F)(F)F)C(F)(F)F.CC(OCOC1C2CC3CC(C2)CC1C3)(C(F)(F)F)C(F)(F)F.CCC(C)c1ccccc1. The van der Waals surface area contributed by atoms with Crippen molar-refractivity contribution in [3.8, 4) is 0 Å². The summed E-state index contributed by atoms with van der Waals surface area (Å²) in [6.07, 6.45) is -11.3. The smallest absolute Gasteiger partial charge is 0.352 e. The third-order valence-corrected chi connectivity index (χ3v) is 13.6. The van der Waals surface area contributed by atoms with Crippen LogP contribution in [-0.4, -0.2) is 61.7 Å². The van der Waals surface area contributed by atoms with Crippen LogP contribution in [0, 0.1) is 47.3 Å². The second kappa shape index (κ2) is 17.1. The van der Waals surface area contributed by atoms with Crippen molar-refractivity contribution >= 4 is 0 Å². The molecule has 0 amide bonds. The maximum absolute atomic E-state index is 12.8. The van der Waals surface area contributed by atoms with Gasteiger partial charge in [0, 0.05) is 0 Å². The Morgan fingerprint density at radius 2 is 0.786 bits per heavy atom. The molecule has 56 heavy (non-hydrogen) atoms. The molecule has 8 aliphatic rings. The highest BCUT2D eigenvalue weighted by Crippen LogP contribution is 2.56. The standard InChI is InChI=1S/2C15H20F6O2.C10H14/c2*1-13(14(16,17)18,15(19,20)21)23-7-22-12-10-3-8-2-9(5-10)6-11(12)4-8;1-3-9(2)10-7-5-4-6-8-10/h2*8-12H,2-7H2,1H3;4-9H,3H2,1-2H3. The predicted octanol–water partition coefficient (Wildman–Crippen LogP) is 12.6. The fourth-order valence-corrected chi connectivity index (χ4v) is 10.4. The zero-order valence-electron chi connectivity index (χ0n) is 32.1. The number of rotatable bonds is 10. The van der Waals surface area contributed by atoms with Crippen LogP contribution < -0.4 is 0 Å². The quantitative estimate of drug-likeness (QED) is 0.174. The van der Waals surface area contributed by atoms with Gasteiger partial charge in [-0.2, -0.15) is 52.7 Å². The van der Waals surface area contributed by atoms with E-state index in [2.05, 4.69) is 53.7 Å². The van der Waals surface area contributed by atoms with Gasteiger partial charge in [-0.1, -0.05) is 44.2 Å². The van der Waals surface area contributed by atoms with E-state index in [4.69, 9.17) is 9.47 Å². The first kappa shape index (κ1) is 45.3. The van der Waals surface area contributed by atoms with Gasteiger partial charge in [0.25, 0.3) is 11.2 Å². The van der Waals surface area contributed by atoms with E-state index < -0.39 is 49.5 Å². The zero-order valence-corrected chi connectivity index (χ0v) is 32.1. The molecule has 1 aromatic rings. The average Bonchev–Trinajstić information content (AvgIpc) is 3.08. The first-order valence-electron chi connectivity index (χ1n) is 19.7. The molecule has 0 aromatic heterocycles. The Morgan fingerprint density at radius 3 is 1.04 bits per heavy atom. The highest BCUT2D eigenvalue weighted by molar-refractivity contribution is 5.18. The Balaban J connectivity index is 0.000000173. The molecule has 0 spiro atoms. The molecule has 4 nitrogen and oxygen atoms in total. The van der Waals surface area contributed by atoms with E-state index in [0.717, 1.165) is 51.4 Å². The van der Waals surface area contributed by atoms with Crippen LogP contribution in [-0.2, 0) is 18.9 Å². The normalized spacial score (nSPS) is 33.1. The van der Waals surface area contributed by atoms with Crippen molar-refractivity contribution in [3.05, 3.63) is 35.9 Å². The molecule has 0 heterocycles. The van der Waals surface area contributed by atoms with Crippen LogP contribution in [0.25, 0.3) is 0 Å². The first-order valence-corrected chi connectivity index (χ1v) is 19.7. The van der Waals surface area contributed by atoms with E-state index in [1.54, 1.807) is 0 Å². The third kappa shape index (κ3) is 9.80. The summed E-state index contributed by atoms with van der Waals surface area (Å²) in [5, 5.41) is 0. The fraction of sp³-hybridized carbons (Fsp3) is 0.850. The Morgan fingerprint density at radius 1 is 0.500 bits per heavy atom. The number of hydrogen-bond acceptors (Lipinski definition) is 4. The second-order valence-electron chi connectivity index (χ2n) is 17.4. The van der Waals surface area contributed by atoms with Gasteiger partial charge in [-0.25, -0.2) is 0 Å². The third-order valence-electron chi connectivity index (χ3n) is 13.6. The van der Waals surface area contributed by atoms with Gasteiger partial charge < -0.3 is 18.9 Å². The number of benzene rings is 1. The lowest BCUT2D eigenvalue weighted by Crippen LogP contribution is -2.57. The maximum Gasteiger partial charge on any atom is 0.426 e. The van der Waals surface area contributed by atoms with Gasteiger partial charge in [0.05, 0.1) is 12.2 Å². The first-order chi connectivity index (χ1) is 25.9. The summed E-state index contributed by atoms with van der Waals surface area (Å²) in [6.45, 7) is 2.53. The van der Waals surface area contributed by atoms with E-state index >= 15 is 0 Å². The van der Waals surface area contributed by atoms with Crippen molar-refractivity contribution in [2.45, 2.75) is 152 Å². The molecular weight excluding hydrogens is 772 g/mol. The second-order valence-corrected chi connectivity index (χ2v) is 17.4. The highest BCUT2D eigenvalue weighted by atomic mass is 19.4. The summed E-state index contributed by atoms with van der Waals surface area (Å²) in [6, 6.07) is 10.6. The molecule has 0 saturated heterocycles. The van der Waals surface area contributed by atoms with E-state index in [9.17, 15) is 52.7 Å². The van der Waals surface area contributed by atoms with E-state index in [-0.39, 0.29) is 49.7 Å². The summed E-state index contributed by atoms with van der Waals surface area (Å²) in [5.74, 6) is 4.29. The van der Waals surface area contributed by atoms with Crippen LogP contribution in [0.15, 0.2) is 30.3 Å². The van der Waals surface area contributed by atoms with Crippen molar-refractivity contribution in [1.82, 2.24) is 0 Å². The average molecular weight is 827 g/mol. The van der Waals surface area contributed by atoms with Gasteiger partial charge in [0.1, 0.15) is 13.6 Å². The molecule has 1 atom stereocenters. The van der Waals surface area contributed by atoms with Gasteiger partial charge >= 0.3 is 24.7 Å². The van der Waals surface area contributed by atoms with Crippen LogP contribution in [0.4, 0.5) is 52.7 Å². The Kier molecular flexibility index (Phi) is 13.8. The van der Waals surface area contributed by atoms with Gasteiger partial charge in [-0.05, 0) is 143 Å². The van der Waals surface area contributed by atoms with Gasteiger partial charge in [-0.15, -0.1) is 0 Å². The number of ether oxygens (including phenoxy) is 4. The highest BCUT2D eigenvalue weighted by Gasteiger charge is 2.70. The van der Waals surface area contributed by atoms with Crippen molar-refractivity contribution in [2.24, 2.45) is 47.3 Å². The molecule has 0 radical (unpaired) electrons. The summed E-state index contributed by atoms with van der Waals surface area (Å²) in [4.78, 5) is 0. The molecule has 8 aliphatic carbocycles. The van der Waals surface area contributed by atoms with Gasteiger partial charge in [0.15, 0.2) is 0 Å². The van der Waals surface area contributed by atoms with Crippen LogP contribution in [0.5, 0.6) is 0 Å². The summed E-state index contributed by atoms with van der Waals surface area (Å²) >= 11 is 0. The number of hydrogen-bond donors (Lipinski definition) is 0. The summed E-state index contributed by atoms with van der Waals surface area (Å²) in [7, 11) is 0. The largest absolute Gasteiger partial charge is 0.426 e. The molecule has 16 heteroatoms. The fourth-order valence-electron chi connectivity index (χ4n) is 10.4. The topological polar surface area (TPSA) is 36.9 Å². The predicted molar refractivity (Wildman–Crippen MR) is 182 cm³/mol. The minimum Gasteiger partial charge on any atom is -0.352 e. The van der Waals surface area contributed by atoms with Crippen LogP contribution in [0.3, 0.4) is 0 Å². The van der Waals surface area contributed by atoms with Crippen molar-refractivity contribution < 1.29 is 71.6 Å². The monoisotopic (exact) mass is 826 g/mol. The van der Waals surface area contributed by atoms with Crippen molar-refractivity contribution in [2.75, 3.05) is 13.6 Å². The van der Waals surface area contributed by atoms with E-state index in [1.807, 2.05) is 0 Å². The Labute approximate surface area is 320 Å². The summed E-state index contributed by atoms with van der Waals surface area (Å²) in [5.41, 5.74) is -6.96. The molecular formula is C40H54F12O4. The maximum atomic E-state index is 12.8. The molecule has 322 valence electrons. The molecule has 8 bridgehead atoms. The number of halogens is 12. The Hall–Kier alpha value is -1.78. The lowest BCUT2D eigenvalue weighted by atomic mass is 9.55. The Bertz CT molecular complexity index is 1230. The van der Waals surface area contributed by atoms with Crippen molar-refractivity contribution in [1.29, 1.82) is 0 Å². The minimum atomic E-state index is -5.54. The minimum absolute atomic E-state index is 0.00719. The lowest BCUT2D eigenvalue weighted by molar-refractivity contribution is -0.390. The van der Waals surface area contributed by atoms with Crippen LogP contribution in [0.2, 0.25) is 0 Å². The molecule has 8 saturated carbocycles. The molecule has 1 aromatic carbocycles. The van der Waals surface area contributed by atoms with Gasteiger partial charge in [0.2, 0.25) is 0 Å². The van der Waals surface area contributed by atoms with Crippen LogP contribution in [0.1, 0.15) is 110 Å². The lowest BCUT2D eigenvalue weighted by Gasteiger charge is -2.54. The van der Waals surface area contributed by atoms with E-state index in [0.29, 0.717) is 29.6 Å². The van der Waals surface area contributed by atoms with E-state index in [1.165, 1.54) is 24.8 Å². The number of alkyl halides is 12. The molecule has 0 aliphatic heterocycles. The van der Waals surface area contributed by atoms with Crippen LogP contribution >= 0.6 is 0 Å². The van der Waals surface area contributed by atoms with Gasteiger partial charge in [-0.3, -0.25) is 0 Å². The molecule has 9 rings (SSSR count).